The van der Waals surface area contributed by atoms with Gasteiger partial charge in [0.2, 0.25) is 0 Å². The van der Waals surface area contributed by atoms with E-state index in [0.717, 1.165) is 22.4 Å². The van der Waals surface area contributed by atoms with Crippen molar-refractivity contribution in [2.24, 2.45) is 5.73 Å². The molecule has 0 spiro atoms. The number of amides is 1. The van der Waals surface area contributed by atoms with E-state index in [2.05, 4.69) is 19.9 Å². The number of anilines is 1. The van der Waals surface area contributed by atoms with Gasteiger partial charge in [0, 0.05) is 50.7 Å². The molecule has 0 unspecified atom stereocenters. The van der Waals surface area contributed by atoms with Gasteiger partial charge >= 0.3 is 6.09 Å². The van der Waals surface area contributed by atoms with Gasteiger partial charge in [0.05, 0.1) is 5.39 Å². The fourth-order valence-corrected chi connectivity index (χ4v) is 3.62. The monoisotopic (exact) mass is 414 g/mol. The highest BCUT2D eigenvalue weighted by molar-refractivity contribution is 6.30. The highest BCUT2D eigenvalue weighted by Crippen LogP contribution is 2.29. The summed E-state index contributed by atoms with van der Waals surface area (Å²) in [5.41, 5.74) is 7.16. The van der Waals surface area contributed by atoms with Crippen LogP contribution < -0.4 is 10.6 Å². The first-order valence-electron chi connectivity index (χ1n) is 9.44. The number of nitrogens with two attached hydrogens (primary N) is 1. The number of benzene rings is 1. The van der Waals surface area contributed by atoms with Crippen molar-refractivity contribution in [3.63, 3.8) is 0 Å². The molecule has 3 aromatic rings. The van der Waals surface area contributed by atoms with Crippen LogP contribution in [0.2, 0.25) is 5.02 Å². The second-order valence-electron chi connectivity index (χ2n) is 7.34. The van der Waals surface area contributed by atoms with Crippen LogP contribution in [0.15, 0.2) is 42.9 Å². The maximum Gasteiger partial charge on any atom is 0.411 e. The van der Waals surface area contributed by atoms with E-state index in [1.54, 1.807) is 25.5 Å². The van der Waals surface area contributed by atoms with Crippen LogP contribution in [0.1, 0.15) is 18.4 Å². The molecule has 2 aromatic heterocycles. The molecule has 0 saturated carbocycles. The van der Waals surface area contributed by atoms with E-state index in [9.17, 15) is 4.79 Å². The molecule has 0 bridgehead atoms. The Bertz CT molecular complexity index is 998. The Morgan fingerprint density at radius 3 is 2.72 bits per heavy atom. The first-order valence-corrected chi connectivity index (χ1v) is 9.82. The van der Waals surface area contributed by atoms with Crippen LogP contribution in [0.3, 0.4) is 0 Å². The third-order valence-corrected chi connectivity index (χ3v) is 5.43. The number of H-pyrrole nitrogens is 1. The summed E-state index contributed by atoms with van der Waals surface area (Å²) in [7, 11) is 1.69. The SMILES string of the molecule is CN(Cc1ccc(Cl)cc1)C(=O)OC1(N)CCN(c2ncnc3[nH]ccc23)CC1. The lowest BCUT2D eigenvalue weighted by Crippen LogP contribution is -2.54. The summed E-state index contributed by atoms with van der Waals surface area (Å²) < 4.78 is 5.67. The average molecular weight is 415 g/mol. The van der Waals surface area contributed by atoms with Gasteiger partial charge in [-0.15, -0.1) is 0 Å². The topological polar surface area (TPSA) is 100 Å². The molecule has 4 rings (SSSR count). The molecule has 1 aliphatic heterocycles. The Hall–Kier alpha value is -2.84. The maximum atomic E-state index is 12.5. The quantitative estimate of drug-likeness (QED) is 0.636. The van der Waals surface area contributed by atoms with Gasteiger partial charge in [-0.25, -0.2) is 14.8 Å². The summed E-state index contributed by atoms with van der Waals surface area (Å²) in [6.07, 6.45) is 3.99. The Morgan fingerprint density at radius 2 is 2.00 bits per heavy atom. The molecule has 3 heterocycles. The first-order chi connectivity index (χ1) is 13.9. The second kappa shape index (κ2) is 7.88. The van der Waals surface area contributed by atoms with Crippen molar-refractivity contribution in [1.29, 1.82) is 0 Å². The molecule has 9 heteroatoms. The van der Waals surface area contributed by atoms with Gasteiger partial charge in [0.1, 0.15) is 17.8 Å². The number of hydrogen-bond donors (Lipinski definition) is 2. The van der Waals surface area contributed by atoms with Crippen LogP contribution >= 0.6 is 11.6 Å². The minimum absolute atomic E-state index is 0.421. The van der Waals surface area contributed by atoms with Gasteiger partial charge in [0.15, 0.2) is 5.72 Å². The third kappa shape index (κ3) is 4.28. The molecule has 0 radical (unpaired) electrons. The predicted molar refractivity (Wildman–Crippen MR) is 112 cm³/mol. The molecule has 1 fully saturated rings. The molecule has 1 amide bonds. The normalized spacial score (nSPS) is 16.0. The van der Waals surface area contributed by atoms with Gasteiger partial charge in [-0.05, 0) is 23.8 Å². The largest absolute Gasteiger partial charge is 0.428 e. The molecule has 0 aliphatic carbocycles. The number of nitrogens with zero attached hydrogens (tertiary/aromatic N) is 4. The number of halogens is 1. The fourth-order valence-electron chi connectivity index (χ4n) is 3.49. The second-order valence-corrected chi connectivity index (χ2v) is 7.78. The predicted octanol–water partition coefficient (Wildman–Crippen LogP) is 3.14. The zero-order chi connectivity index (χ0) is 20.4. The molecule has 8 nitrogen and oxygen atoms in total. The third-order valence-electron chi connectivity index (χ3n) is 5.18. The van der Waals surface area contributed by atoms with Crippen molar-refractivity contribution in [2.45, 2.75) is 25.1 Å². The van der Waals surface area contributed by atoms with Crippen molar-refractivity contribution < 1.29 is 9.53 Å². The van der Waals surface area contributed by atoms with Crippen molar-refractivity contribution in [2.75, 3.05) is 25.0 Å². The zero-order valence-corrected chi connectivity index (χ0v) is 16.9. The van der Waals surface area contributed by atoms with Crippen molar-refractivity contribution in [3.05, 3.63) is 53.4 Å². The number of rotatable bonds is 4. The highest BCUT2D eigenvalue weighted by atomic mass is 35.5. The van der Waals surface area contributed by atoms with Crippen molar-refractivity contribution >= 4 is 34.5 Å². The molecular weight excluding hydrogens is 392 g/mol. The van der Waals surface area contributed by atoms with Gasteiger partial charge in [-0.1, -0.05) is 23.7 Å². The van der Waals surface area contributed by atoms with Crippen molar-refractivity contribution in [3.8, 4) is 0 Å². The fraction of sp³-hybridized carbons (Fsp3) is 0.350. The van der Waals surface area contributed by atoms with Crippen LogP contribution in [-0.4, -0.2) is 51.8 Å². The molecule has 152 valence electrons. The molecule has 3 N–H and O–H groups in total. The Labute approximate surface area is 173 Å². The molecule has 0 atom stereocenters. The summed E-state index contributed by atoms with van der Waals surface area (Å²) in [6.45, 7) is 1.70. The lowest BCUT2D eigenvalue weighted by atomic mass is 10.0. The summed E-state index contributed by atoms with van der Waals surface area (Å²) in [6, 6.07) is 9.31. The van der Waals surface area contributed by atoms with E-state index < -0.39 is 11.8 Å². The number of aromatic nitrogens is 3. The van der Waals surface area contributed by atoms with E-state index in [0.29, 0.717) is 37.5 Å². The van der Waals surface area contributed by atoms with Gasteiger partial charge < -0.3 is 19.5 Å². The molecule has 29 heavy (non-hydrogen) atoms. The highest BCUT2D eigenvalue weighted by Gasteiger charge is 2.36. The minimum atomic E-state index is -0.994. The summed E-state index contributed by atoms with van der Waals surface area (Å²) >= 11 is 5.90. The number of fused-ring (bicyclic) bond motifs is 1. The summed E-state index contributed by atoms with van der Waals surface area (Å²) in [5.74, 6) is 0.865. The van der Waals surface area contributed by atoms with Gasteiger partial charge in [0.25, 0.3) is 0 Å². The minimum Gasteiger partial charge on any atom is -0.428 e. The molecule has 1 saturated heterocycles. The van der Waals surface area contributed by atoms with E-state index >= 15 is 0 Å². The number of piperidine rings is 1. The molecular formula is C20H23ClN6O2. The van der Waals surface area contributed by atoms with Crippen LogP contribution in [0.5, 0.6) is 0 Å². The number of nitrogens with one attached hydrogen (secondary N) is 1. The number of hydrogen-bond acceptors (Lipinski definition) is 6. The van der Waals surface area contributed by atoms with Crippen LogP contribution in [0.25, 0.3) is 11.0 Å². The lowest BCUT2D eigenvalue weighted by molar-refractivity contribution is -0.0193. The van der Waals surface area contributed by atoms with E-state index in [4.69, 9.17) is 22.1 Å². The lowest BCUT2D eigenvalue weighted by Gasteiger charge is -2.39. The summed E-state index contributed by atoms with van der Waals surface area (Å²) in [4.78, 5) is 27.9. The zero-order valence-electron chi connectivity index (χ0n) is 16.1. The number of aromatic amines is 1. The van der Waals surface area contributed by atoms with Crippen LogP contribution in [-0.2, 0) is 11.3 Å². The van der Waals surface area contributed by atoms with Crippen molar-refractivity contribution in [1.82, 2.24) is 19.9 Å². The number of carbonyl (C=O) groups excluding carboxylic acids is 1. The molecule has 1 aromatic carbocycles. The van der Waals surface area contributed by atoms with E-state index in [1.807, 2.05) is 24.4 Å². The number of ether oxygens (including phenoxy) is 1. The van der Waals surface area contributed by atoms with Gasteiger partial charge in [-0.2, -0.15) is 0 Å². The van der Waals surface area contributed by atoms with Gasteiger partial charge in [-0.3, -0.25) is 5.73 Å². The van der Waals surface area contributed by atoms with E-state index in [-0.39, 0.29) is 0 Å². The standard InChI is InChI=1S/C20H23ClN6O2/c1-26(12-14-2-4-15(21)5-3-14)19(28)29-20(22)7-10-27(11-8-20)18-16-6-9-23-17(16)24-13-25-18/h2-6,9,13H,7-8,10-12,22H2,1H3,(H,23,24,25). The Morgan fingerprint density at radius 1 is 1.28 bits per heavy atom. The maximum absolute atomic E-state index is 12.5. The smallest absolute Gasteiger partial charge is 0.411 e. The summed E-state index contributed by atoms with van der Waals surface area (Å²) in [5, 5.41) is 1.63. The van der Waals surface area contributed by atoms with Crippen LogP contribution in [0.4, 0.5) is 10.6 Å². The number of carbonyl (C=O) groups is 1. The first kappa shape index (κ1) is 19.5. The Balaban J connectivity index is 1.36. The Kier molecular flexibility index (Phi) is 5.29. The molecule has 1 aliphatic rings. The van der Waals surface area contributed by atoms with Crippen LogP contribution in [0, 0.1) is 0 Å². The average Bonchev–Trinajstić information content (AvgIpc) is 3.19. The van der Waals surface area contributed by atoms with E-state index in [1.165, 1.54) is 4.90 Å².